The van der Waals surface area contributed by atoms with Crippen LogP contribution < -0.4 is 0 Å². The zero-order valence-corrected chi connectivity index (χ0v) is 30.2. The molecule has 0 amide bonds. The summed E-state index contributed by atoms with van der Waals surface area (Å²) in [5.41, 5.74) is 0.294. The van der Waals surface area contributed by atoms with Crippen molar-refractivity contribution in [1.29, 1.82) is 0 Å². The van der Waals surface area contributed by atoms with Gasteiger partial charge in [-0.3, -0.25) is 0 Å². The molecule has 0 aliphatic heterocycles. The van der Waals surface area contributed by atoms with Gasteiger partial charge in [0.05, 0.1) is 12.4 Å². The zero-order valence-electron chi connectivity index (χ0n) is 30.2. The number of allylic oxidation sites excluding steroid dienone is 5. The Morgan fingerprint density at radius 1 is 0.571 bits per heavy atom. The van der Waals surface area contributed by atoms with E-state index < -0.39 is 0 Å². The number of ether oxygens (including phenoxy) is 1. The van der Waals surface area contributed by atoms with Gasteiger partial charge in [-0.1, -0.05) is 135 Å². The third-order valence-electron chi connectivity index (χ3n) is 9.00. The summed E-state index contributed by atoms with van der Waals surface area (Å²) in [7, 11) is 4.37. The predicted molar refractivity (Wildman–Crippen MR) is 191 cm³/mol. The van der Waals surface area contributed by atoms with Crippen LogP contribution in [0.1, 0.15) is 189 Å². The molecular weight excluding hydrogens is 510 g/mol. The van der Waals surface area contributed by atoms with Crippen LogP contribution in [0.2, 0.25) is 0 Å². The van der Waals surface area contributed by atoms with Gasteiger partial charge in [0.15, 0.2) is 0 Å². The van der Waals surface area contributed by atoms with Gasteiger partial charge in [0, 0.05) is 5.54 Å². The molecule has 42 heavy (non-hydrogen) atoms. The molecule has 0 radical (unpaired) electrons. The molecule has 2 nitrogen and oxygen atoms in total. The lowest BCUT2D eigenvalue weighted by Crippen LogP contribution is -2.41. The minimum atomic E-state index is 0.122. The Labute approximate surface area is 266 Å². The molecule has 0 spiro atoms. The standard InChI is InChI=1S/C40H77NO/c1-9-11-13-15-17-19-20-21-22-23-24-25-26-28-30-32-34-38(33-31-29-27-18-16-14-12-10-2)42-36-35-39(3,4)37-40(5,6)41(7)8/h17,19,21-22,35-36,38H,9-16,18,20,23-34,37H2,1-8H3/b19-17-,22-21-,36-35+. The third kappa shape index (κ3) is 26.6. The lowest BCUT2D eigenvalue weighted by molar-refractivity contribution is 0.112. The van der Waals surface area contributed by atoms with Crippen LogP contribution in [0, 0.1) is 5.41 Å². The Balaban J connectivity index is 4.32. The van der Waals surface area contributed by atoms with Gasteiger partial charge >= 0.3 is 0 Å². The number of nitrogens with zero attached hydrogens (tertiary/aromatic N) is 1. The summed E-state index contributed by atoms with van der Waals surface area (Å²) in [6, 6.07) is 0. The molecule has 0 rings (SSSR count). The number of unbranched alkanes of at least 4 members (excludes halogenated alkanes) is 16. The minimum Gasteiger partial charge on any atom is -0.498 e. The van der Waals surface area contributed by atoms with E-state index in [9.17, 15) is 0 Å². The molecular formula is C40H77NO. The third-order valence-corrected chi connectivity index (χ3v) is 9.00. The summed E-state index contributed by atoms with van der Waals surface area (Å²) >= 11 is 0. The van der Waals surface area contributed by atoms with Gasteiger partial charge in [-0.2, -0.15) is 0 Å². The maximum Gasteiger partial charge on any atom is 0.0978 e. The van der Waals surface area contributed by atoms with E-state index in [1.807, 2.05) is 0 Å². The van der Waals surface area contributed by atoms with Gasteiger partial charge < -0.3 is 9.64 Å². The average Bonchev–Trinajstić information content (AvgIpc) is 2.93. The highest BCUT2D eigenvalue weighted by atomic mass is 16.5. The first-order chi connectivity index (χ1) is 20.1. The average molecular weight is 588 g/mol. The monoisotopic (exact) mass is 588 g/mol. The normalized spacial score (nSPS) is 13.8. The Kier molecular flexibility index (Phi) is 26.9. The van der Waals surface area contributed by atoms with Gasteiger partial charge in [0.2, 0.25) is 0 Å². The van der Waals surface area contributed by atoms with E-state index in [0.717, 1.165) is 12.8 Å². The highest BCUT2D eigenvalue weighted by Crippen LogP contribution is 2.32. The van der Waals surface area contributed by atoms with E-state index in [1.165, 1.54) is 135 Å². The fourth-order valence-corrected chi connectivity index (χ4v) is 5.81. The first kappa shape index (κ1) is 41.0. The van der Waals surface area contributed by atoms with Gasteiger partial charge in [0.1, 0.15) is 0 Å². The second-order valence-corrected chi connectivity index (χ2v) is 14.6. The van der Waals surface area contributed by atoms with Crippen molar-refractivity contribution >= 4 is 0 Å². The Hall–Kier alpha value is -1.02. The summed E-state index contributed by atoms with van der Waals surface area (Å²) in [5, 5.41) is 0. The van der Waals surface area contributed by atoms with Crippen molar-refractivity contribution in [2.45, 2.75) is 201 Å². The lowest BCUT2D eigenvalue weighted by atomic mass is 9.79. The second-order valence-electron chi connectivity index (χ2n) is 14.6. The summed E-state index contributed by atoms with van der Waals surface area (Å²) in [6.07, 6.45) is 44.5. The molecule has 2 heteroatoms. The molecule has 0 aromatic carbocycles. The van der Waals surface area contributed by atoms with Gasteiger partial charge in [-0.25, -0.2) is 0 Å². The van der Waals surface area contributed by atoms with Crippen LogP contribution in [0.15, 0.2) is 36.6 Å². The molecule has 0 heterocycles. The predicted octanol–water partition coefficient (Wildman–Crippen LogP) is 13.4. The van der Waals surface area contributed by atoms with Crippen molar-refractivity contribution in [1.82, 2.24) is 4.90 Å². The van der Waals surface area contributed by atoms with Crippen molar-refractivity contribution < 1.29 is 4.74 Å². The SMILES string of the molecule is CCCCC/C=C\C/C=C\CCCCCCCCC(CCCCCCCCCC)O/C=C/C(C)(C)CC(C)(C)N(C)C. The van der Waals surface area contributed by atoms with Crippen molar-refractivity contribution in [2.24, 2.45) is 5.41 Å². The van der Waals surface area contributed by atoms with Gasteiger partial charge in [0.25, 0.3) is 0 Å². The number of hydrogen-bond acceptors (Lipinski definition) is 2. The Bertz CT molecular complexity index is 657. The molecule has 1 unspecified atom stereocenters. The van der Waals surface area contributed by atoms with Crippen molar-refractivity contribution in [3.8, 4) is 0 Å². The molecule has 0 N–H and O–H groups in total. The van der Waals surface area contributed by atoms with Crippen LogP contribution >= 0.6 is 0 Å². The highest BCUT2D eigenvalue weighted by molar-refractivity contribution is 4.97. The summed E-state index contributed by atoms with van der Waals surface area (Å²) in [5.74, 6) is 0. The molecule has 0 aromatic rings. The molecule has 0 aliphatic rings. The molecule has 0 aromatic heterocycles. The number of hydrogen-bond donors (Lipinski definition) is 0. The van der Waals surface area contributed by atoms with Crippen molar-refractivity contribution in [3.05, 3.63) is 36.6 Å². The van der Waals surface area contributed by atoms with E-state index in [0.29, 0.717) is 6.10 Å². The van der Waals surface area contributed by atoms with Crippen molar-refractivity contribution in [3.63, 3.8) is 0 Å². The first-order valence-electron chi connectivity index (χ1n) is 18.4. The summed E-state index contributed by atoms with van der Waals surface area (Å²) in [4.78, 5) is 2.33. The maximum absolute atomic E-state index is 6.43. The van der Waals surface area contributed by atoms with Gasteiger partial charge in [-0.15, -0.1) is 0 Å². The van der Waals surface area contributed by atoms with E-state index in [2.05, 4.69) is 97.2 Å². The van der Waals surface area contributed by atoms with E-state index in [-0.39, 0.29) is 11.0 Å². The van der Waals surface area contributed by atoms with Crippen LogP contribution in [0.5, 0.6) is 0 Å². The minimum absolute atomic E-state index is 0.122. The largest absolute Gasteiger partial charge is 0.498 e. The Morgan fingerprint density at radius 3 is 1.50 bits per heavy atom. The fraction of sp³-hybridized carbons (Fsp3) is 0.850. The molecule has 248 valence electrons. The fourth-order valence-electron chi connectivity index (χ4n) is 5.81. The van der Waals surface area contributed by atoms with Crippen LogP contribution in [-0.4, -0.2) is 30.6 Å². The molecule has 0 aliphatic carbocycles. The summed E-state index contributed by atoms with van der Waals surface area (Å²) in [6.45, 7) is 13.9. The van der Waals surface area contributed by atoms with Crippen LogP contribution in [0.3, 0.4) is 0 Å². The van der Waals surface area contributed by atoms with Crippen LogP contribution in [0.4, 0.5) is 0 Å². The van der Waals surface area contributed by atoms with E-state index in [4.69, 9.17) is 4.74 Å². The van der Waals surface area contributed by atoms with E-state index in [1.54, 1.807) is 0 Å². The number of rotatable bonds is 30. The first-order valence-corrected chi connectivity index (χ1v) is 18.4. The van der Waals surface area contributed by atoms with E-state index >= 15 is 0 Å². The Morgan fingerprint density at radius 2 is 1.00 bits per heavy atom. The zero-order chi connectivity index (χ0) is 31.4. The smallest absolute Gasteiger partial charge is 0.0978 e. The maximum atomic E-state index is 6.43. The van der Waals surface area contributed by atoms with Crippen LogP contribution in [0.25, 0.3) is 0 Å². The topological polar surface area (TPSA) is 12.5 Å². The lowest BCUT2D eigenvalue weighted by Gasteiger charge is -2.38. The summed E-state index contributed by atoms with van der Waals surface area (Å²) < 4.78 is 6.43. The van der Waals surface area contributed by atoms with Gasteiger partial charge in [-0.05, 0) is 104 Å². The molecule has 0 bridgehead atoms. The molecule has 1 atom stereocenters. The highest BCUT2D eigenvalue weighted by Gasteiger charge is 2.28. The second kappa shape index (κ2) is 27.5. The van der Waals surface area contributed by atoms with Crippen molar-refractivity contribution in [2.75, 3.05) is 14.1 Å². The molecule has 0 fully saturated rings. The van der Waals surface area contributed by atoms with Crippen LogP contribution in [-0.2, 0) is 4.74 Å². The molecule has 0 saturated heterocycles. The molecule has 0 saturated carbocycles. The quantitative estimate of drug-likeness (QED) is 0.0471.